The van der Waals surface area contributed by atoms with Crippen LogP contribution in [-0.2, 0) is 0 Å². The molecule has 0 rings (SSSR count). The first-order valence-corrected chi connectivity index (χ1v) is 11.8. The number of amidine groups is 1. The molecule has 0 spiro atoms. The highest BCUT2D eigenvalue weighted by molar-refractivity contribution is 8.14. The van der Waals surface area contributed by atoms with Crippen LogP contribution >= 0.6 is 72.3 Å². The summed E-state index contributed by atoms with van der Waals surface area (Å²) in [5, 5.41) is 17.6. The summed E-state index contributed by atoms with van der Waals surface area (Å²) in [5.41, 5.74) is 5.29. The fourth-order valence-corrected chi connectivity index (χ4v) is 5.99. The molecule has 0 aromatic rings. The van der Waals surface area contributed by atoms with E-state index in [2.05, 4.69) is 25.3 Å². The summed E-state index contributed by atoms with van der Waals surface area (Å²) >= 11 is 15.3. The highest BCUT2D eigenvalue weighted by Gasteiger charge is 2.10. The zero-order valence-electron chi connectivity index (χ0n) is 11.4. The summed E-state index contributed by atoms with van der Waals surface area (Å²) in [5.74, 6) is 7.14. The Kier molecular flexibility index (Phi) is 16.6. The molecule has 0 saturated carbocycles. The lowest BCUT2D eigenvalue weighted by Gasteiger charge is -2.15. The average molecular weight is 393 g/mol. The number of aliphatic hydroxyl groups excluding tert-OH is 1. The summed E-state index contributed by atoms with van der Waals surface area (Å²) in [4.78, 5) is 0. The normalized spacial score (nSPS) is 14.2. The Balaban J connectivity index is 3.55. The van der Waals surface area contributed by atoms with Gasteiger partial charge in [-0.15, -0.1) is 0 Å². The van der Waals surface area contributed by atoms with Crippen molar-refractivity contribution in [3.63, 3.8) is 0 Å². The lowest BCUT2D eigenvalue weighted by atomic mass is 10.5. The van der Waals surface area contributed by atoms with Gasteiger partial charge < -0.3 is 10.8 Å². The molecule has 20 heavy (non-hydrogen) atoms. The molecule has 0 aliphatic carbocycles. The smallest absolute Gasteiger partial charge is 0.151 e. The summed E-state index contributed by atoms with van der Waals surface area (Å²) in [6, 6.07) is 0. The first-order chi connectivity index (χ1) is 9.60. The van der Waals surface area contributed by atoms with Crippen LogP contribution in [0.3, 0.4) is 0 Å². The first-order valence-electron chi connectivity index (χ1n) is 6.23. The number of rotatable bonds is 13. The molecule has 0 aromatic heterocycles. The second-order valence-corrected chi connectivity index (χ2v) is 9.46. The number of nitrogens with one attached hydrogen (secondary N) is 1. The second-order valence-electron chi connectivity index (χ2n) is 3.88. The zero-order valence-corrected chi connectivity index (χ0v) is 16.4. The van der Waals surface area contributed by atoms with Crippen molar-refractivity contribution in [3.8, 4) is 0 Å². The van der Waals surface area contributed by atoms with Crippen molar-refractivity contribution in [2.24, 2.45) is 5.73 Å². The largest absolute Gasteiger partial charge is 0.391 e. The minimum atomic E-state index is -0.233. The third kappa shape index (κ3) is 14.5. The average Bonchev–Trinajstić information content (AvgIpc) is 2.41. The Labute approximate surface area is 150 Å². The quantitative estimate of drug-likeness (QED) is 0.143. The lowest BCUT2D eigenvalue weighted by molar-refractivity contribution is 0.225. The van der Waals surface area contributed by atoms with E-state index in [0.29, 0.717) is 5.25 Å². The van der Waals surface area contributed by atoms with E-state index in [9.17, 15) is 5.11 Å². The maximum absolute atomic E-state index is 9.80. The van der Waals surface area contributed by atoms with Gasteiger partial charge in [0, 0.05) is 45.5 Å². The van der Waals surface area contributed by atoms with E-state index >= 15 is 0 Å². The fourth-order valence-electron chi connectivity index (χ4n) is 1.19. The van der Waals surface area contributed by atoms with Gasteiger partial charge in [-0.2, -0.15) is 60.5 Å². The van der Waals surface area contributed by atoms with Gasteiger partial charge in [-0.25, -0.2) is 0 Å². The molecule has 0 bridgehead atoms. The van der Waals surface area contributed by atoms with E-state index in [1.807, 2.05) is 11.8 Å². The highest BCUT2D eigenvalue weighted by Crippen LogP contribution is 2.20. The Hall–Kier alpha value is 1.53. The molecular formula is C11H24N2OS6. The van der Waals surface area contributed by atoms with Gasteiger partial charge in [0.15, 0.2) is 5.17 Å². The molecule has 0 amide bonds. The van der Waals surface area contributed by atoms with Crippen LogP contribution in [0.1, 0.15) is 0 Å². The molecule has 2 unspecified atom stereocenters. The van der Waals surface area contributed by atoms with Gasteiger partial charge in [0.25, 0.3) is 0 Å². The van der Waals surface area contributed by atoms with E-state index in [0.717, 1.165) is 46.0 Å². The van der Waals surface area contributed by atoms with Crippen molar-refractivity contribution in [1.82, 2.24) is 0 Å². The number of hydrogen-bond donors (Lipinski definition) is 5. The SMILES string of the molecule is N=C(N)SCCSC(CS)CSCC(O)CSCCS. The van der Waals surface area contributed by atoms with Crippen molar-refractivity contribution in [2.75, 3.05) is 46.0 Å². The van der Waals surface area contributed by atoms with Crippen molar-refractivity contribution in [3.05, 3.63) is 0 Å². The summed E-state index contributed by atoms with van der Waals surface area (Å²) in [7, 11) is 0. The van der Waals surface area contributed by atoms with Gasteiger partial charge in [-0.1, -0.05) is 11.8 Å². The molecule has 120 valence electrons. The molecule has 0 aliphatic heterocycles. The van der Waals surface area contributed by atoms with E-state index in [-0.39, 0.29) is 11.3 Å². The van der Waals surface area contributed by atoms with E-state index < -0.39 is 0 Å². The maximum Gasteiger partial charge on any atom is 0.151 e. The van der Waals surface area contributed by atoms with Gasteiger partial charge in [0.1, 0.15) is 0 Å². The highest BCUT2D eigenvalue weighted by atomic mass is 32.2. The summed E-state index contributed by atoms with van der Waals surface area (Å²) in [6.45, 7) is 0. The van der Waals surface area contributed by atoms with E-state index in [1.165, 1.54) is 11.8 Å². The minimum absolute atomic E-state index is 0.184. The first kappa shape index (κ1) is 21.5. The molecular weight excluding hydrogens is 369 g/mol. The predicted octanol–water partition coefficient (Wildman–Crippen LogP) is 2.40. The van der Waals surface area contributed by atoms with Crippen LogP contribution in [0.25, 0.3) is 0 Å². The molecule has 4 N–H and O–H groups in total. The third-order valence-electron chi connectivity index (χ3n) is 2.06. The topological polar surface area (TPSA) is 70.1 Å². The van der Waals surface area contributed by atoms with Gasteiger partial charge in [0.2, 0.25) is 0 Å². The molecule has 0 radical (unpaired) electrons. The Bertz CT molecular complexity index is 247. The standard InChI is InChI=1S/C11H24N2OS6/c12-11(13)20-4-3-19-10(5-16)8-18-7-9(14)6-17-2-1-15/h9-10,14-16H,1-8H2,(H3,12,13). The number of thioether (sulfide) groups is 4. The van der Waals surface area contributed by atoms with E-state index in [1.54, 1.807) is 23.5 Å². The monoisotopic (exact) mass is 392 g/mol. The molecule has 0 fully saturated rings. The Morgan fingerprint density at radius 2 is 1.80 bits per heavy atom. The Morgan fingerprint density at radius 1 is 1.10 bits per heavy atom. The lowest BCUT2D eigenvalue weighted by Crippen LogP contribution is -2.17. The number of nitrogens with two attached hydrogens (primary N) is 1. The molecule has 0 aliphatic rings. The number of aliphatic hydroxyl groups is 1. The van der Waals surface area contributed by atoms with Gasteiger partial charge >= 0.3 is 0 Å². The molecule has 2 atom stereocenters. The predicted molar refractivity (Wildman–Crippen MR) is 109 cm³/mol. The molecule has 3 nitrogen and oxygen atoms in total. The number of hydrogen-bond acceptors (Lipinski definition) is 8. The summed E-state index contributed by atoms with van der Waals surface area (Å²) in [6.07, 6.45) is -0.233. The van der Waals surface area contributed by atoms with Crippen LogP contribution in [-0.4, -0.2) is 67.7 Å². The van der Waals surface area contributed by atoms with Crippen molar-refractivity contribution in [1.29, 1.82) is 5.41 Å². The minimum Gasteiger partial charge on any atom is -0.391 e. The van der Waals surface area contributed by atoms with Crippen molar-refractivity contribution >= 4 is 77.5 Å². The van der Waals surface area contributed by atoms with Gasteiger partial charge in [-0.3, -0.25) is 5.41 Å². The molecule has 0 saturated heterocycles. The van der Waals surface area contributed by atoms with Crippen LogP contribution < -0.4 is 5.73 Å². The molecule has 0 heterocycles. The van der Waals surface area contributed by atoms with Crippen LogP contribution in [0.15, 0.2) is 0 Å². The Morgan fingerprint density at radius 3 is 2.40 bits per heavy atom. The van der Waals surface area contributed by atoms with Crippen LogP contribution in [0, 0.1) is 5.41 Å². The third-order valence-corrected chi connectivity index (χ3v) is 8.08. The fraction of sp³-hybridized carbons (Fsp3) is 0.909. The second kappa shape index (κ2) is 15.4. The maximum atomic E-state index is 9.80. The van der Waals surface area contributed by atoms with Crippen molar-refractivity contribution in [2.45, 2.75) is 11.4 Å². The van der Waals surface area contributed by atoms with Crippen LogP contribution in [0.4, 0.5) is 0 Å². The summed E-state index contributed by atoms with van der Waals surface area (Å²) < 4.78 is 0. The molecule has 0 aromatic carbocycles. The van der Waals surface area contributed by atoms with Crippen molar-refractivity contribution < 1.29 is 5.11 Å². The van der Waals surface area contributed by atoms with Crippen LogP contribution in [0.2, 0.25) is 0 Å². The van der Waals surface area contributed by atoms with Gasteiger partial charge in [-0.05, 0) is 5.75 Å². The number of thiol groups is 2. The zero-order chi connectivity index (χ0) is 15.2. The van der Waals surface area contributed by atoms with E-state index in [4.69, 9.17) is 11.1 Å². The van der Waals surface area contributed by atoms with Gasteiger partial charge in [0.05, 0.1) is 6.10 Å². The molecule has 9 heteroatoms. The van der Waals surface area contributed by atoms with Crippen LogP contribution in [0.5, 0.6) is 0 Å².